The maximum atomic E-state index is 13.0. The Kier molecular flexibility index (Phi) is 6.37. The lowest BCUT2D eigenvalue weighted by Crippen LogP contribution is -2.50. The molecule has 0 atom stereocenters. The number of hydrogen-bond donors (Lipinski definition) is 0. The van der Waals surface area contributed by atoms with Crippen LogP contribution in [0.1, 0.15) is 0 Å². The van der Waals surface area contributed by atoms with Gasteiger partial charge in [0.15, 0.2) is 0 Å². The molecular weight excluding hydrogens is 492 g/mol. The fourth-order valence-corrected chi connectivity index (χ4v) is 7.99. The molecule has 12 heteroatoms. The van der Waals surface area contributed by atoms with E-state index in [0.29, 0.717) is 5.75 Å². The second-order valence-electron chi connectivity index (χ2n) is 5.88. The van der Waals surface area contributed by atoms with Crippen LogP contribution in [0.4, 0.5) is 0 Å². The molecule has 1 aliphatic heterocycles. The smallest absolute Gasteiger partial charge is 0.252 e. The van der Waals surface area contributed by atoms with Crippen molar-refractivity contribution in [3.8, 4) is 11.5 Å². The minimum atomic E-state index is -3.83. The topological polar surface area (TPSA) is 93.2 Å². The van der Waals surface area contributed by atoms with Crippen LogP contribution in [0.25, 0.3) is 0 Å². The lowest BCUT2D eigenvalue weighted by molar-refractivity contribution is 0.272. The molecule has 0 bridgehead atoms. The van der Waals surface area contributed by atoms with Crippen molar-refractivity contribution in [3.05, 3.63) is 34.1 Å². The van der Waals surface area contributed by atoms with E-state index in [1.54, 1.807) is 12.1 Å². The number of methoxy groups -OCH3 is 2. The molecule has 154 valence electrons. The van der Waals surface area contributed by atoms with Crippen molar-refractivity contribution >= 4 is 47.3 Å². The van der Waals surface area contributed by atoms with Gasteiger partial charge >= 0.3 is 0 Å². The van der Waals surface area contributed by atoms with Gasteiger partial charge in [-0.05, 0) is 40.2 Å². The van der Waals surface area contributed by atoms with Crippen LogP contribution in [0.2, 0.25) is 0 Å². The van der Waals surface area contributed by atoms with E-state index in [-0.39, 0.29) is 41.0 Å². The highest BCUT2D eigenvalue weighted by molar-refractivity contribution is 9.11. The summed E-state index contributed by atoms with van der Waals surface area (Å²) in [5.74, 6) is 0.659. The zero-order valence-electron chi connectivity index (χ0n) is 15.2. The van der Waals surface area contributed by atoms with E-state index in [1.165, 1.54) is 41.0 Å². The SMILES string of the molecule is COc1ccc(S(=O)(=O)N2CCN(S(=O)(=O)c3ccc(Br)s3)CC2)c(OC)c1. The Balaban J connectivity index is 1.79. The number of hydrogen-bond acceptors (Lipinski definition) is 7. The molecule has 2 heterocycles. The number of nitrogens with zero attached hydrogens (tertiary/aromatic N) is 2. The Morgan fingerprint density at radius 2 is 1.50 bits per heavy atom. The van der Waals surface area contributed by atoms with Gasteiger partial charge in [0, 0.05) is 32.2 Å². The van der Waals surface area contributed by atoms with E-state index in [0.717, 1.165) is 15.1 Å². The first-order valence-corrected chi connectivity index (χ1v) is 12.7. The van der Waals surface area contributed by atoms with Crippen molar-refractivity contribution in [2.75, 3.05) is 40.4 Å². The van der Waals surface area contributed by atoms with Crippen molar-refractivity contribution < 1.29 is 26.3 Å². The van der Waals surface area contributed by atoms with E-state index in [2.05, 4.69) is 15.9 Å². The quantitative estimate of drug-likeness (QED) is 0.591. The van der Waals surface area contributed by atoms with Gasteiger partial charge in [-0.2, -0.15) is 8.61 Å². The largest absolute Gasteiger partial charge is 0.497 e. The predicted molar refractivity (Wildman–Crippen MR) is 109 cm³/mol. The molecular formula is C16H19BrN2O6S3. The van der Waals surface area contributed by atoms with E-state index in [4.69, 9.17) is 9.47 Å². The molecule has 1 fully saturated rings. The lowest BCUT2D eigenvalue weighted by Gasteiger charge is -2.33. The normalized spacial score (nSPS) is 16.8. The van der Waals surface area contributed by atoms with Crippen LogP contribution < -0.4 is 9.47 Å². The number of benzene rings is 1. The molecule has 1 saturated heterocycles. The number of piperazine rings is 1. The van der Waals surface area contributed by atoms with Crippen LogP contribution in [0.15, 0.2) is 43.2 Å². The average molecular weight is 511 g/mol. The Bertz CT molecular complexity index is 1060. The van der Waals surface area contributed by atoms with E-state index < -0.39 is 20.0 Å². The van der Waals surface area contributed by atoms with Crippen LogP contribution >= 0.6 is 27.3 Å². The summed E-state index contributed by atoms with van der Waals surface area (Å²) < 4.78 is 65.3. The van der Waals surface area contributed by atoms with Gasteiger partial charge in [0.05, 0.1) is 18.0 Å². The van der Waals surface area contributed by atoms with Crippen molar-refractivity contribution in [1.82, 2.24) is 8.61 Å². The fourth-order valence-electron chi connectivity index (χ4n) is 2.84. The Labute approximate surface area is 176 Å². The molecule has 1 aromatic carbocycles. The number of rotatable bonds is 6. The molecule has 0 radical (unpaired) electrons. The van der Waals surface area contributed by atoms with E-state index in [1.807, 2.05) is 0 Å². The molecule has 0 saturated carbocycles. The van der Waals surface area contributed by atoms with Gasteiger partial charge in [0.1, 0.15) is 20.6 Å². The zero-order chi connectivity index (χ0) is 20.5. The molecule has 1 aliphatic rings. The van der Waals surface area contributed by atoms with Crippen molar-refractivity contribution in [1.29, 1.82) is 0 Å². The van der Waals surface area contributed by atoms with Gasteiger partial charge in [-0.15, -0.1) is 11.3 Å². The summed E-state index contributed by atoms with van der Waals surface area (Å²) in [7, 11) is -4.60. The summed E-state index contributed by atoms with van der Waals surface area (Å²) in [6.07, 6.45) is 0. The van der Waals surface area contributed by atoms with Gasteiger partial charge < -0.3 is 9.47 Å². The first-order valence-electron chi connectivity index (χ1n) is 8.18. The number of ether oxygens (including phenoxy) is 2. The third-order valence-corrected chi connectivity index (χ3v) is 10.3. The number of thiophene rings is 1. The summed E-state index contributed by atoms with van der Waals surface area (Å²) >= 11 is 4.39. The molecule has 0 N–H and O–H groups in total. The maximum absolute atomic E-state index is 13.0. The number of sulfonamides is 2. The average Bonchev–Trinajstić information content (AvgIpc) is 3.14. The summed E-state index contributed by atoms with van der Waals surface area (Å²) in [4.78, 5) is 0.0225. The Morgan fingerprint density at radius 3 is 2.00 bits per heavy atom. The summed E-state index contributed by atoms with van der Waals surface area (Å²) in [5.41, 5.74) is 0. The second-order valence-corrected chi connectivity index (χ2v) is 12.4. The fraction of sp³-hybridized carbons (Fsp3) is 0.375. The van der Waals surface area contributed by atoms with Crippen molar-refractivity contribution in [3.63, 3.8) is 0 Å². The first-order chi connectivity index (χ1) is 13.2. The minimum Gasteiger partial charge on any atom is -0.497 e. The molecule has 3 rings (SSSR count). The molecule has 28 heavy (non-hydrogen) atoms. The van der Waals surface area contributed by atoms with Crippen LogP contribution in [0, 0.1) is 0 Å². The third-order valence-electron chi connectivity index (χ3n) is 4.33. The predicted octanol–water partition coefficient (Wildman–Crippen LogP) is 2.22. The number of halogens is 1. The molecule has 0 spiro atoms. The van der Waals surface area contributed by atoms with Crippen molar-refractivity contribution in [2.45, 2.75) is 9.10 Å². The standard InChI is InChI=1S/C16H19BrN2O6S3/c1-24-12-3-4-14(13(11-12)25-2)27(20,21)18-7-9-19(10-8-18)28(22,23)16-6-5-15(17)26-16/h3-6,11H,7-10H2,1-2H3. The van der Waals surface area contributed by atoms with Crippen LogP contribution in [-0.2, 0) is 20.0 Å². The zero-order valence-corrected chi connectivity index (χ0v) is 19.2. The van der Waals surface area contributed by atoms with Crippen LogP contribution in [0.3, 0.4) is 0 Å². The molecule has 0 amide bonds. The molecule has 0 aliphatic carbocycles. The van der Waals surface area contributed by atoms with E-state index >= 15 is 0 Å². The van der Waals surface area contributed by atoms with Gasteiger partial charge in [0.2, 0.25) is 10.0 Å². The second kappa shape index (κ2) is 8.28. The lowest BCUT2D eigenvalue weighted by atomic mass is 10.3. The van der Waals surface area contributed by atoms with Crippen molar-refractivity contribution in [2.24, 2.45) is 0 Å². The Morgan fingerprint density at radius 1 is 0.893 bits per heavy atom. The summed E-state index contributed by atoms with van der Waals surface area (Å²) in [6, 6.07) is 7.69. The minimum absolute atomic E-state index is 0.0225. The summed E-state index contributed by atoms with van der Waals surface area (Å²) in [5, 5.41) is 0. The molecule has 2 aromatic rings. The molecule has 0 unspecified atom stereocenters. The van der Waals surface area contributed by atoms with Crippen LogP contribution in [0.5, 0.6) is 11.5 Å². The highest BCUT2D eigenvalue weighted by Gasteiger charge is 2.35. The monoisotopic (exact) mass is 510 g/mol. The van der Waals surface area contributed by atoms with E-state index in [9.17, 15) is 16.8 Å². The van der Waals surface area contributed by atoms with Crippen LogP contribution in [-0.4, -0.2) is 65.8 Å². The van der Waals surface area contributed by atoms with Gasteiger partial charge in [-0.25, -0.2) is 16.8 Å². The van der Waals surface area contributed by atoms with Gasteiger partial charge in [-0.1, -0.05) is 0 Å². The highest BCUT2D eigenvalue weighted by atomic mass is 79.9. The summed E-state index contributed by atoms with van der Waals surface area (Å²) in [6.45, 7) is 0.275. The Hall–Kier alpha value is -1.18. The highest BCUT2D eigenvalue weighted by Crippen LogP contribution is 2.32. The first kappa shape index (κ1) is 21.5. The molecule has 1 aromatic heterocycles. The van der Waals surface area contributed by atoms with Gasteiger partial charge in [-0.3, -0.25) is 0 Å². The third kappa shape index (κ3) is 4.07. The van der Waals surface area contributed by atoms with Gasteiger partial charge in [0.25, 0.3) is 10.0 Å². The maximum Gasteiger partial charge on any atom is 0.252 e. The molecule has 8 nitrogen and oxygen atoms in total.